The predicted molar refractivity (Wildman–Crippen MR) is 106 cm³/mol. The largest absolute Gasteiger partial charge is 0.462 e. The highest BCUT2D eigenvalue weighted by molar-refractivity contribution is 6.36. The Labute approximate surface area is 160 Å². The average Bonchev–Trinajstić information content (AvgIpc) is 2.66. The second-order valence-corrected chi connectivity index (χ2v) is 6.45. The van der Waals surface area contributed by atoms with E-state index in [1.165, 1.54) is 6.07 Å². The molecule has 0 spiro atoms. The Morgan fingerprint density at radius 2 is 1.57 bits per heavy atom. The first kappa shape index (κ1) is 17.5. The first-order valence-corrected chi connectivity index (χ1v) is 8.69. The van der Waals surface area contributed by atoms with Gasteiger partial charge in [0, 0.05) is 16.8 Å². The third-order valence-electron chi connectivity index (χ3n) is 4.58. The fourth-order valence-corrected chi connectivity index (χ4v) is 3.45. The molecule has 0 saturated heterocycles. The van der Waals surface area contributed by atoms with Crippen molar-refractivity contribution in [2.45, 2.75) is 6.92 Å². The molecule has 0 fully saturated rings. The second-order valence-electron chi connectivity index (χ2n) is 6.45. The lowest BCUT2D eigenvalue weighted by atomic mass is 9.92. The molecule has 7 nitrogen and oxygen atoms in total. The van der Waals surface area contributed by atoms with Crippen molar-refractivity contribution in [2.24, 2.45) is 0 Å². The number of hydrogen-bond acceptors (Lipinski definition) is 6. The molecule has 0 unspecified atom stereocenters. The fraction of sp³-hybridized carbons (Fsp3) is 0.0952. The molecule has 0 bridgehead atoms. The summed E-state index contributed by atoms with van der Waals surface area (Å²) < 4.78 is 5.00. The maximum Gasteiger partial charge on any atom is 0.338 e. The molecule has 0 saturated carbocycles. The van der Waals surface area contributed by atoms with E-state index in [4.69, 9.17) is 16.2 Å². The van der Waals surface area contributed by atoms with Gasteiger partial charge in [-0.2, -0.15) is 0 Å². The molecule has 28 heavy (non-hydrogen) atoms. The second kappa shape index (κ2) is 6.38. The van der Waals surface area contributed by atoms with Crippen LogP contribution in [0.25, 0.3) is 10.8 Å². The van der Waals surface area contributed by atoms with Gasteiger partial charge >= 0.3 is 5.97 Å². The highest BCUT2D eigenvalue weighted by Gasteiger charge is 2.35. The molecular weight excluding hydrogens is 358 g/mol. The lowest BCUT2D eigenvalue weighted by Crippen LogP contribution is -2.40. The highest BCUT2D eigenvalue weighted by Crippen LogP contribution is 2.36. The predicted octanol–water partition coefficient (Wildman–Crippen LogP) is 2.98. The summed E-state index contributed by atoms with van der Waals surface area (Å²) in [5.74, 6) is -1.56. The Balaban J connectivity index is 1.90. The molecule has 140 valence electrons. The zero-order chi connectivity index (χ0) is 20.0. The van der Waals surface area contributed by atoms with Crippen LogP contribution in [-0.4, -0.2) is 24.4 Å². The van der Waals surface area contributed by atoms with Crippen molar-refractivity contribution in [3.63, 3.8) is 0 Å². The summed E-state index contributed by atoms with van der Waals surface area (Å²) in [5, 5.41) is 1.16. The number of rotatable bonds is 3. The molecule has 1 heterocycles. The number of nitrogen functional groups attached to an aromatic ring is 2. The van der Waals surface area contributed by atoms with E-state index in [-0.39, 0.29) is 17.9 Å². The number of hydrogen-bond donors (Lipinski definition) is 2. The topological polar surface area (TPSA) is 116 Å². The minimum atomic E-state index is -0.530. The Morgan fingerprint density at radius 1 is 0.964 bits per heavy atom. The monoisotopic (exact) mass is 375 g/mol. The average molecular weight is 375 g/mol. The van der Waals surface area contributed by atoms with Crippen LogP contribution in [0.15, 0.2) is 48.5 Å². The minimum Gasteiger partial charge on any atom is -0.462 e. The molecule has 3 aromatic carbocycles. The van der Waals surface area contributed by atoms with Crippen molar-refractivity contribution in [3.05, 3.63) is 65.2 Å². The smallest absolute Gasteiger partial charge is 0.338 e. The number of amides is 2. The van der Waals surface area contributed by atoms with E-state index >= 15 is 0 Å². The van der Waals surface area contributed by atoms with Crippen molar-refractivity contribution in [1.29, 1.82) is 0 Å². The van der Waals surface area contributed by atoms with Gasteiger partial charge in [0.25, 0.3) is 11.8 Å². The third-order valence-corrected chi connectivity index (χ3v) is 4.58. The van der Waals surface area contributed by atoms with E-state index in [0.717, 1.165) is 4.90 Å². The number of carbonyl (C=O) groups excluding carboxylic acids is 3. The zero-order valence-electron chi connectivity index (χ0n) is 15.1. The van der Waals surface area contributed by atoms with E-state index in [1.54, 1.807) is 49.4 Å². The van der Waals surface area contributed by atoms with Gasteiger partial charge in [0.05, 0.1) is 29.0 Å². The molecule has 1 aliphatic rings. The van der Waals surface area contributed by atoms with Gasteiger partial charge in [-0.25, -0.2) is 9.69 Å². The van der Waals surface area contributed by atoms with Gasteiger partial charge in [0.15, 0.2) is 0 Å². The number of imide groups is 1. The zero-order valence-corrected chi connectivity index (χ0v) is 15.1. The van der Waals surface area contributed by atoms with Crippen molar-refractivity contribution < 1.29 is 19.1 Å². The van der Waals surface area contributed by atoms with Crippen LogP contribution in [0.5, 0.6) is 0 Å². The summed E-state index contributed by atoms with van der Waals surface area (Å²) in [6.45, 7) is 1.92. The molecule has 2 amide bonds. The lowest BCUT2D eigenvalue weighted by Gasteiger charge is -2.28. The molecule has 4 rings (SSSR count). The summed E-state index contributed by atoms with van der Waals surface area (Å²) >= 11 is 0. The Hall–Kier alpha value is -3.87. The number of esters is 1. The fourth-order valence-electron chi connectivity index (χ4n) is 3.45. The normalized spacial score (nSPS) is 13.1. The number of ether oxygens (including phenoxy) is 1. The van der Waals surface area contributed by atoms with Gasteiger partial charge in [-0.05, 0) is 54.8 Å². The molecule has 3 aromatic rings. The first-order valence-electron chi connectivity index (χ1n) is 8.69. The standard InChI is InChI=1S/C21H17N3O4/c1-2-28-21(27)11-4-3-5-15(8-11)24-19(25)16-9-13(22)6-12-7-14(23)10-17(18(12)16)20(24)26/h3-10H,2,22-23H2,1H3. The van der Waals surface area contributed by atoms with Gasteiger partial charge in [-0.15, -0.1) is 0 Å². The van der Waals surface area contributed by atoms with Crippen molar-refractivity contribution in [3.8, 4) is 0 Å². The quantitative estimate of drug-likeness (QED) is 0.413. The Kier molecular flexibility index (Phi) is 4.00. The Morgan fingerprint density at radius 3 is 2.14 bits per heavy atom. The molecule has 0 radical (unpaired) electrons. The van der Waals surface area contributed by atoms with Crippen LogP contribution in [0.3, 0.4) is 0 Å². The van der Waals surface area contributed by atoms with Crippen molar-refractivity contribution >= 4 is 45.6 Å². The van der Waals surface area contributed by atoms with Crippen LogP contribution in [0, 0.1) is 0 Å². The molecular formula is C21H17N3O4. The van der Waals surface area contributed by atoms with Crippen molar-refractivity contribution in [2.75, 3.05) is 23.0 Å². The van der Waals surface area contributed by atoms with E-state index in [2.05, 4.69) is 0 Å². The molecule has 0 atom stereocenters. The third kappa shape index (κ3) is 2.64. The van der Waals surface area contributed by atoms with Crippen LogP contribution >= 0.6 is 0 Å². The first-order chi connectivity index (χ1) is 13.4. The van der Waals surface area contributed by atoms with E-state index in [0.29, 0.717) is 33.3 Å². The summed E-state index contributed by atoms with van der Waals surface area (Å²) in [7, 11) is 0. The summed E-state index contributed by atoms with van der Waals surface area (Å²) in [5.41, 5.74) is 13.8. The SMILES string of the molecule is CCOC(=O)c1cccc(N2C(=O)c3cc(N)cc4cc(N)cc(c34)C2=O)c1. The summed E-state index contributed by atoms with van der Waals surface area (Å²) in [6.07, 6.45) is 0. The highest BCUT2D eigenvalue weighted by atomic mass is 16.5. The number of nitrogens with two attached hydrogens (primary N) is 2. The molecule has 0 aromatic heterocycles. The minimum absolute atomic E-state index is 0.221. The van der Waals surface area contributed by atoms with Gasteiger partial charge in [0.1, 0.15) is 0 Å². The number of benzene rings is 3. The molecule has 1 aliphatic heterocycles. The maximum absolute atomic E-state index is 13.2. The maximum atomic E-state index is 13.2. The number of carbonyl (C=O) groups is 3. The van der Waals surface area contributed by atoms with E-state index < -0.39 is 17.8 Å². The van der Waals surface area contributed by atoms with Crippen LogP contribution in [0.1, 0.15) is 38.0 Å². The lowest BCUT2D eigenvalue weighted by molar-refractivity contribution is 0.0525. The van der Waals surface area contributed by atoms with Gasteiger partial charge in [-0.3, -0.25) is 9.59 Å². The van der Waals surface area contributed by atoms with Gasteiger partial charge in [0.2, 0.25) is 0 Å². The summed E-state index contributed by atoms with van der Waals surface area (Å²) in [4.78, 5) is 39.4. The number of nitrogens with zero attached hydrogens (tertiary/aromatic N) is 1. The van der Waals surface area contributed by atoms with E-state index in [1.807, 2.05) is 0 Å². The van der Waals surface area contributed by atoms with Crippen LogP contribution < -0.4 is 16.4 Å². The van der Waals surface area contributed by atoms with Crippen LogP contribution in [0.2, 0.25) is 0 Å². The van der Waals surface area contributed by atoms with Gasteiger partial charge < -0.3 is 16.2 Å². The molecule has 4 N–H and O–H groups in total. The summed E-state index contributed by atoms with van der Waals surface area (Å²) in [6, 6.07) is 12.6. The molecule has 0 aliphatic carbocycles. The number of anilines is 3. The Bertz CT molecular complexity index is 1110. The van der Waals surface area contributed by atoms with Crippen LogP contribution in [0.4, 0.5) is 17.1 Å². The van der Waals surface area contributed by atoms with Crippen LogP contribution in [-0.2, 0) is 4.74 Å². The van der Waals surface area contributed by atoms with Gasteiger partial charge in [-0.1, -0.05) is 6.07 Å². The van der Waals surface area contributed by atoms with E-state index in [9.17, 15) is 14.4 Å². The molecule has 7 heteroatoms. The van der Waals surface area contributed by atoms with Crippen molar-refractivity contribution in [1.82, 2.24) is 0 Å².